The molecule has 6 nitrogen and oxygen atoms in total. The molecule has 3 N–H and O–H groups in total. The van der Waals surface area contributed by atoms with Crippen LogP contribution in [0.25, 0.3) is 0 Å². The number of nitrogens with one attached hydrogen (secondary N) is 1. The standard InChI is InChI=1S/C15H28N2O4/c1-11(2)8-12(9-14(19)20)10-16-15(21)17(6-7-18)13-4-3-5-13/h11-13,18H,3-10H2,1-2H3,(H,16,21)(H,19,20). The molecule has 1 fully saturated rings. The maximum atomic E-state index is 12.2. The molecule has 0 spiro atoms. The van der Waals surface area contributed by atoms with E-state index in [0.717, 1.165) is 25.7 Å². The van der Waals surface area contributed by atoms with Crippen molar-refractivity contribution < 1.29 is 19.8 Å². The molecule has 0 aliphatic heterocycles. The Hall–Kier alpha value is -1.30. The highest BCUT2D eigenvalue weighted by Crippen LogP contribution is 2.24. The topological polar surface area (TPSA) is 89.9 Å². The number of hydrogen-bond acceptors (Lipinski definition) is 3. The molecule has 1 atom stereocenters. The first-order chi connectivity index (χ1) is 9.93. The zero-order chi connectivity index (χ0) is 15.8. The van der Waals surface area contributed by atoms with E-state index in [4.69, 9.17) is 10.2 Å². The van der Waals surface area contributed by atoms with Gasteiger partial charge in [0, 0.05) is 25.6 Å². The number of aliphatic carboxylic acids is 1. The summed E-state index contributed by atoms with van der Waals surface area (Å²) in [6.45, 7) is 4.75. The Kier molecular flexibility index (Phi) is 7.50. The lowest BCUT2D eigenvalue weighted by molar-refractivity contribution is -0.138. The van der Waals surface area contributed by atoms with Crippen molar-refractivity contribution >= 4 is 12.0 Å². The minimum Gasteiger partial charge on any atom is -0.481 e. The highest BCUT2D eigenvalue weighted by Gasteiger charge is 2.28. The molecular formula is C15H28N2O4. The number of aliphatic hydroxyl groups is 1. The van der Waals surface area contributed by atoms with Crippen LogP contribution >= 0.6 is 0 Å². The minimum absolute atomic E-state index is 0.0472. The number of amides is 2. The average Bonchev–Trinajstić information content (AvgIpc) is 2.31. The SMILES string of the molecule is CC(C)CC(CNC(=O)N(CCO)C1CCC1)CC(=O)O. The molecule has 1 saturated carbocycles. The molecule has 21 heavy (non-hydrogen) atoms. The van der Waals surface area contributed by atoms with E-state index < -0.39 is 5.97 Å². The Morgan fingerprint density at radius 1 is 1.33 bits per heavy atom. The lowest BCUT2D eigenvalue weighted by Crippen LogP contribution is -2.51. The molecule has 2 amide bonds. The first kappa shape index (κ1) is 17.8. The van der Waals surface area contributed by atoms with Gasteiger partial charge in [-0.3, -0.25) is 4.79 Å². The van der Waals surface area contributed by atoms with Gasteiger partial charge in [-0.2, -0.15) is 0 Å². The van der Waals surface area contributed by atoms with E-state index in [2.05, 4.69) is 5.32 Å². The predicted octanol–water partition coefficient (Wildman–Crippen LogP) is 1.68. The number of carbonyl (C=O) groups excluding carboxylic acids is 1. The van der Waals surface area contributed by atoms with Crippen molar-refractivity contribution in [2.45, 2.75) is 52.0 Å². The lowest BCUT2D eigenvalue weighted by Gasteiger charge is -2.37. The van der Waals surface area contributed by atoms with Crippen LogP contribution in [0.5, 0.6) is 0 Å². The molecule has 6 heteroatoms. The Morgan fingerprint density at radius 3 is 2.43 bits per heavy atom. The van der Waals surface area contributed by atoms with Crippen molar-refractivity contribution in [3.63, 3.8) is 0 Å². The van der Waals surface area contributed by atoms with E-state index in [9.17, 15) is 9.59 Å². The number of carboxylic acid groups (broad SMARTS) is 1. The van der Waals surface area contributed by atoms with Gasteiger partial charge in [0.25, 0.3) is 0 Å². The van der Waals surface area contributed by atoms with Crippen LogP contribution in [0, 0.1) is 11.8 Å². The van der Waals surface area contributed by atoms with Crippen LogP contribution in [0.1, 0.15) is 46.0 Å². The van der Waals surface area contributed by atoms with Crippen LogP contribution in [-0.2, 0) is 4.79 Å². The molecule has 1 aliphatic carbocycles. The van der Waals surface area contributed by atoms with Crippen LogP contribution in [0.2, 0.25) is 0 Å². The van der Waals surface area contributed by atoms with Crippen molar-refractivity contribution in [3.8, 4) is 0 Å². The maximum absolute atomic E-state index is 12.2. The van der Waals surface area contributed by atoms with E-state index in [1.54, 1.807) is 4.90 Å². The number of carboxylic acids is 1. The molecule has 0 aromatic carbocycles. The normalized spacial score (nSPS) is 16.4. The average molecular weight is 300 g/mol. The number of rotatable bonds is 9. The summed E-state index contributed by atoms with van der Waals surface area (Å²) in [5.74, 6) is -0.489. The van der Waals surface area contributed by atoms with Gasteiger partial charge in [-0.05, 0) is 37.5 Å². The van der Waals surface area contributed by atoms with Crippen molar-refractivity contribution in [1.82, 2.24) is 10.2 Å². The number of urea groups is 1. The summed E-state index contributed by atoms with van der Waals surface area (Å²) in [5.41, 5.74) is 0. The summed E-state index contributed by atoms with van der Waals surface area (Å²) >= 11 is 0. The first-order valence-electron chi connectivity index (χ1n) is 7.81. The van der Waals surface area contributed by atoms with Crippen molar-refractivity contribution in [1.29, 1.82) is 0 Å². The van der Waals surface area contributed by atoms with Crippen molar-refractivity contribution in [2.75, 3.05) is 19.7 Å². The molecule has 1 rings (SSSR count). The maximum Gasteiger partial charge on any atom is 0.317 e. The summed E-state index contributed by atoms with van der Waals surface area (Å²) in [6, 6.07) is 0.0352. The second-order valence-corrected chi connectivity index (χ2v) is 6.28. The number of carbonyl (C=O) groups is 2. The minimum atomic E-state index is -0.832. The van der Waals surface area contributed by atoms with Gasteiger partial charge in [-0.1, -0.05) is 13.8 Å². The van der Waals surface area contributed by atoms with E-state index in [1.165, 1.54) is 0 Å². The zero-order valence-corrected chi connectivity index (χ0v) is 13.0. The van der Waals surface area contributed by atoms with E-state index in [-0.39, 0.29) is 31.0 Å². The van der Waals surface area contributed by atoms with Crippen molar-refractivity contribution in [2.24, 2.45) is 11.8 Å². The Labute approximate surface area is 126 Å². The number of aliphatic hydroxyl groups excluding tert-OH is 1. The zero-order valence-electron chi connectivity index (χ0n) is 13.0. The second-order valence-electron chi connectivity index (χ2n) is 6.28. The lowest BCUT2D eigenvalue weighted by atomic mass is 9.91. The first-order valence-corrected chi connectivity index (χ1v) is 7.81. The van der Waals surface area contributed by atoms with Crippen LogP contribution in [0.15, 0.2) is 0 Å². The third-order valence-corrected chi connectivity index (χ3v) is 3.93. The summed E-state index contributed by atoms with van der Waals surface area (Å²) in [5, 5.41) is 20.8. The summed E-state index contributed by atoms with van der Waals surface area (Å²) < 4.78 is 0. The third kappa shape index (κ3) is 6.33. The van der Waals surface area contributed by atoms with E-state index in [0.29, 0.717) is 19.0 Å². The number of hydrogen-bond donors (Lipinski definition) is 3. The fourth-order valence-corrected chi connectivity index (χ4v) is 2.74. The van der Waals surface area contributed by atoms with Gasteiger partial charge in [0.1, 0.15) is 0 Å². The van der Waals surface area contributed by atoms with Gasteiger partial charge < -0.3 is 20.4 Å². The van der Waals surface area contributed by atoms with Gasteiger partial charge in [0.15, 0.2) is 0 Å². The quantitative estimate of drug-likeness (QED) is 0.604. The fraction of sp³-hybridized carbons (Fsp3) is 0.867. The van der Waals surface area contributed by atoms with Gasteiger partial charge in [-0.15, -0.1) is 0 Å². The van der Waals surface area contributed by atoms with E-state index in [1.807, 2.05) is 13.8 Å². The van der Waals surface area contributed by atoms with Crippen molar-refractivity contribution in [3.05, 3.63) is 0 Å². The van der Waals surface area contributed by atoms with Crippen LogP contribution in [0.4, 0.5) is 4.79 Å². The predicted molar refractivity (Wildman–Crippen MR) is 80.0 cm³/mol. The highest BCUT2D eigenvalue weighted by atomic mass is 16.4. The second kappa shape index (κ2) is 8.87. The monoisotopic (exact) mass is 300 g/mol. The summed E-state index contributed by atoms with van der Waals surface area (Å²) in [4.78, 5) is 24.8. The van der Waals surface area contributed by atoms with Crippen LogP contribution in [-0.4, -0.2) is 52.9 Å². The van der Waals surface area contributed by atoms with Gasteiger partial charge in [0.2, 0.25) is 0 Å². The smallest absolute Gasteiger partial charge is 0.317 e. The molecular weight excluding hydrogens is 272 g/mol. The summed E-state index contributed by atoms with van der Waals surface area (Å²) in [7, 11) is 0. The van der Waals surface area contributed by atoms with E-state index >= 15 is 0 Å². The van der Waals surface area contributed by atoms with Gasteiger partial charge in [0.05, 0.1) is 6.61 Å². The van der Waals surface area contributed by atoms with Crippen LogP contribution < -0.4 is 5.32 Å². The fourth-order valence-electron chi connectivity index (χ4n) is 2.74. The summed E-state index contributed by atoms with van der Waals surface area (Å²) in [6.07, 6.45) is 3.93. The van der Waals surface area contributed by atoms with Gasteiger partial charge >= 0.3 is 12.0 Å². The Balaban J connectivity index is 2.47. The molecule has 0 saturated heterocycles. The molecule has 1 unspecified atom stereocenters. The molecule has 122 valence electrons. The van der Waals surface area contributed by atoms with Crippen LogP contribution in [0.3, 0.4) is 0 Å². The highest BCUT2D eigenvalue weighted by molar-refractivity contribution is 5.74. The molecule has 0 aromatic heterocycles. The molecule has 0 heterocycles. The largest absolute Gasteiger partial charge is 0.481 e. The molecule has 0 bridgehead atoms. The van der Waals surface area contributed by atoms with Gasteiger partial charge in [-0.25, -0.2) is 4.79 Å². The molecule has 1 aliphatic rings. The third-order valence-electron chi connectivity index (χ3n) is 3.93. The molecule has 0 radical (unpaired) electrons. The number of nitrogens with zero attached hydrogens (tertiary/aromatic N) is 1. The Morgan fingerprint density at radius 2 is 2.00 bits per heavy atom. The molecule has 0 aromatic rings. The Bertz CT molecular complexity index is 343.